The standard InChI is InChI=1S/C13H17N5O3S/c1-4-7-10(6-3)22(20,21)12-11-15-16-18(8-5-2)13(19)17(11)9-14-12/h2,9-10H,4,6-8H2,1,3H3. The van der Waals surface area contributed by atoms with Crippen LogP contribution in [0.25, 0.3) is 5.65 Å². The molecule has 118 valence electrons. The third kappa shape index (κ3) is 2.62. The van der Waals surface area contributed by atoms with Gasteiger partial charge >= 0.3 is 5.69 Å². The largest absolute Gasteiger partial charge is 0.353 e. The van der Waals surface area contributed by atoms with E-state index in [2.05, 4.69) is 21.2 Å². The van der Waals surface area contributed by atoms with Gasteiger partial charge in [-0.15, -0.1) is 11.5 Å². The summed E-state index contributed by atoms with van der Waals surface area (Å²) in [6, 6.07) is 0. The van der Waals surface area contributed by atoms with Crippen molar-refractivity contribution >= 4 is 15.5 Å². The van der Waals surface area contributed by atoms with Crippen molar-refractivity contribution in [2.45, 2.75) is 49.9 Å². The van der Waals surface area contributed by atoms with Crippen LogP contribution in [0.15, 0.2) is 16.1 Å². The fourth-order valence-corrected chi connectivity index (χ4v) is 4.15. The van der Waals surface area contributed by atoms with Gasteiger partial charge in [-0.3, -0.25) is 0 Å². The van der Waals surface area contributed by atoms with Crippen molar-refractivity contribution in [3.63, 3.8) is 0 Å². The topological polar surface area (TPSA) is 99.2 Å². The summed E-state index contributed by atoms with van der Waals surface area (Å²) in [6.07, 6.45) is 8.02. The number of sulfone groups is 1. The Labute approximate surface area is 128 Å². The second-order valence-corrected chi connectivity index (χ2v) is 6.98. The van der Waals surface area contributed by atoms with Crippen LogP contribution < -0.4 is 5.69 Å². The van der Waals surface area contributed by atoms with Gasteiger partial charge in [0.1, 0.15) is 12.9 Å². The molecule has 22 heavy (non-hydrogen) atoms. The molecular formula is C13H17N5O3S. The fourth-order valence-electron chi connectivity index (χ4n) is 2.26. The summed E-state index contributed by atoms with van der Waals surface area (Å²) < 4.78 is 27.3. The number of fused-ring (bicyclic) bond motifs is 1. The molecule has 0 aliphatic heterocycles. The lowest BCUT2D eigenvalue weighted by atomic mass is 10.2. The zero-order chi connectivity index (χ0) is 16.3. The van der Waals surface area contributed by atoms with Gasteiger partial charge in [-0.1, -0.05) is 31.4 Å². The first kappa shape index (κ1) is 16.2. The lowest BCUT2D eigenvalue weighted by molar-refractivity contribution is 0.558. The molecule has 2 heterocycles. The maximum absolute atomic E-state index is 12.7. The maximum Gasteiger partial charge on any atom is 0.353 e. The van der Waals surface area contributed by atoms with Crippen LogP contribution in [-0.2, 0) is 16.4 Å². The van der Waals surface area contributed by atoms with Crippen molar-refractivity contribution < 1.29 is 8.42 Å². The van der Waals surface area contributed by atoms with Crippen molar-refractivity contribution in [3.8, 4) is 12.3 Å². The zero-order valence-corrected chi connectivity index (χ0v) is 13.2. The molecule has 2 rings (SSSR count). The summed E-state index contributed by atoms with van der Waals surface area (Å²) in [5, 5.41) is 6.71. The Kier molecular flexibility index (Phi) is 4.61. The first-order valence-corrected chi connectivity index (χ1v) is 8.50. The van der Waals surface area contributed by atoms with Gasteiger partial charge in [0.2, 0.25) is 20.5 Å². The van der Waals surface area contributed by atoms with Crippen LogP contribution in [0.3, 0.4) is 0 Å². The third-order valence-corrected chi connectivity index (χ3v) is 5.67. The first-order chi connectivity index (χ1) is 10.5. The van der Waals surface area contributed by atoms with Crippen LogP contribution in [0.2, 0.25) is 0 Å². The van der Waals surface area contributed by atoms with Gasteiger partial charge in [-0.25, -0.2) is 22.6 Å². The number of rotatable bonds is 6. The highest BCUT2D eigenvalue weighted by Gasteiger charge is 2.30. The second kappa shape index (κ2) is 6.27. The smallest absolute Gasteiger partial charge is 0.245 e. The summed E-state index contributed by atoms with van der Waals surface area (Å²) >= 11 is 0. The highest BCUT2D eigenvalue weighted by Crippen LogP contribution is 2.22. The Morgan fingerprint density at radius 1 is 1.41 bits per heavy atom. The monoisotopic (exact) mass is 323 g/mol. The molecule has 0 saturated carbocycles. The van der Waals surface area contributed by atoms with Crippen LogP contribution in [0.4, 0.5) is 0 Å². The van der Waals surface area contributed by atoms with Gasteiger partial charge in [-0.2, -0.15) is 4.68 Å². The molecule has 0 fully saturated rings. The van der Waals surface area contributed by atoms with E-state index in [0.29, 0.717) is 12.8 Å². The summed E-state index contributed by atoms with van der Waals surface area (Å²) in [7, 11) is -3.66. The van der Waals surface area contributed by atoms with E-state index in [4.69, 9.17) is 6.42 Å². The highest BCUT2D eigenvalue weighted by atomic mass is 32.2. The Bertz CT molecular complexity index is 875. The lowest BCUT2D eigenvalue weighted by Gasteiger charge is -2.12. The van der Waals surface area contributed by atoms with E-state index in [0.717, 1.165) is 21.8 Å². The normalized spacial score (nSPS) is 13.1. The van der Waals surface area contributed by atoms with Crippen molar-refractivity contribution in [3.05, 3.63) is 16.8 Å². The molecule has 0 saturated heterocycles. The maximum atomic E-state index is 12.7. The van der Waals surface area contributed by atoms with E-state index >= 15 is 0 Å². The number of hydrogen-bond donors (Lipinski definition) is 0. The van der Waals surface area contributed by atoms with Crippen LogP contribution in [0, 0.1) is 12.3 Å². The Morgan fingerprint density at radius 3 is 2.73 bits per heavy atom. The Balaban J connectivity index is 2.61. The van der Waals surface area contributed by atoms with Crippen molar-refractivity contribution in [1.82, 2.24) is 24.4 Å². The van der Waals surface area contributed by atoms with Crippen LogP contribution in [-0.4, -0.2) is 38.0 Å². The number of aromatic nitrogens is 5. The average Bonchev–Trinajstić information content (AvgIpc) is 2.93. The summed E-state index contributed by atoms with van der Waals surface area (Å²) in [6.45, 7) is 3.68. The number of imidazole rings is 1. The zero-order valence-electron chi connectivity index (χ0n) is 12.4. The molecule has 2 aromatic heterocycles. The predicted octanol–water partition coefficient (Wildman–Crippen LogP) is 0.272. The van der Waals surface area contributed by atoms with Crippen molar-refractivity contribution in [2.24, 2.45) is 0 Å². The molecule has 0 aliphatic carbocycles. The Morgan fingerprint density at radius 2 is 2.14 bits per heavy atom. The van der Waals surface area contributed by atoms with Crippen LogP contribution in [0.1, 0.15) is 33.1 Å². The Hall–Kier alpha value is -2.21. The third-order valence-electron chi connectivity index (χ3n) is 3.40. The number of nitrogens with zero attached hydrogens (tertiary/aromatic N) is 5. The van der Waals surface area contributed by atoms with E-state index in [1.54, 1.807) is 0 Å². The lowest BCUT2D eigenvalue weighted by Crippen LogP contribution is -2.30. The molecule has 9 heteroatoms. The van der Waals surface area contributed by atoms with Gasteiger partial charge in [0, 0.05) is 0 Å². The molecule has 8 nitrogen and oxygen atoms in total. The fraction of sp³-hybridized carbons (Fsp3) is 0.538. The SMILES string of the molecule is C#CCn1nnc2c(S(=O)(=O)C(CC)CCC)ncn2c1=O. The van der Waals surface area contributed by atoms with Crippen LogP contribution in [0.5, 0.6) is 0 Å². The minimum absolute atomic E-state index is 0.0462. The molecule has 1 unspecified atom stereocenters. The molecule has 0 N–H and O–H groups in total. The van der Waals surface area contributed by atoms with Gasteiger partial charge in [0.25, 0.3) is 0 Å². The molecule has 0 bridgehead atoms. The number of terminal acetylenes is 1. The van der Waals surface area contributed by atoms with Crippen molar-refractivity contribution in [2.75, 3.05) is 0 Å². The van der Waals surface area contributed by atoms with Crippen LogP contribution >= 0.6 is 0 Å². The quantitative estimate of drug-likeness (QED) is 0.708. The van der Waals surface area contributed by atoms with Gasteiger partial charge in [-0.05, 0) is 12.8 Å². The minimum Gasteiger partial charge on any atom is -0.245 e. The van der Waals surface area contributed by atoms with E-state index in [9.17, 15) is 13.2 Å². The molecule has 0 aliphatic rings. The van der Waals surface area contributed by atoms with E-state index < -0.39 is 20.8 Å². The van der Waals surface area contributed by atoms with E-state index in [1.807, 2.05) is 13.8 Å². The molecule has 0 radical (unpaired) electrons. The molecular weight excluding hydrogens is 306 g/mol. The van der Waals surface area contributed by atoms with E-state index in [-0.39, 0.29) is 17.2 Å². The summed E-state index contributed by atoms with van der Waals surface area (Å²) in [5.74, 6) is 2.28. The highest BCUT2D eigenvalue weighted by molar-refractivity contribution is 7.92. The first-order valence-electron chi connectivity index (χ1n) is 6.95. The van der Waals surface area contributed by atoms with Gasteiger partial charge in [0.15, 0.2) is 0 Å². The molecule has 0 spiro atoms. The predicted molar refractivity (Wildman–Crippen MR) is 80.0 cm³/mol. The summed E-state index contributed by atoms with van der Waals surface area (Å²) in [5.41, 5.74) is -0.631. The van der Waals surface area contributed by atoms with Gasteiger partial charge < -0.3 is 0 Å². The van der Waals surface area contributed by atoms with Gasteiger partial charge in [0.05, 0.1) is 5.25 Å². The molecule has 1 atom stereocenters. The summed E-state index contributed by atoms with van der Waals surface area (Å²) in [4.78, 5) is 16.0. The average molecular weight is 323 g/mol. The number of hydrogen-bond acceptors (Lipinski definition) is 6. The second-order valence-electron chi connectivity index (χ2n) is 4.84. The van der Waals surface area contributed by atoms with Crippen molar-refractivity contribution in [1.29, 1.82) is 0 Å². The minimum atomic E-state index is -3.66. The molecule has 0 aromatic carbocycles. The van der Waals surface area contributed by atoms with E-state index in [1.165, 1.54) is 0 Å². The molecule has 2 aromatic rings. The molecule has 0 amide bonds.